The van der Waals surface area contributed by atoms with Crippen molar-refractivity contribution in [2.45, 2.75) is 11.8 Å². The van der Waals surface area contributed by atoms with Crippen LogP contribution in [0.2, 0.25) is 0 Å². The molecule has 0 heterocycles. The van der Waals surface area contributed by atoms with Crippen molar-refractivity contribution in [1.82, 2.24) is 0 Å². The van der Waals surface area contributed by atoms with E-state index in [1.54, 1.807) is 6.92 Å². The van der Waals surface area contributed by atoms with Gasteiger partial charge in [-0.1, -0.05) is 6.07 Å². The summed E-state index contributed by atoms with van der Waals surface area (Å²) in [5, 5.41) is 4.82. The van der Waals surface area contributed by atoms with Crippen LogP contribution in [0, 0.1) is 5.82 Å². The molecule has 2 N–H and O–H groups in total. The summed E-state index contributed by atoms with van der Waals surface area (Å²) in [7, 11) is -4.30. The lowest BCUT2D eigenvalue weighted by Crippen LogP contribution is -2.19. The van der Waals surface area contributed by atoms with Crippen LogP contribution in [-0.2, 0) is 14.8 Å². The van der Waals surface area contributed by atoms with Crippen molar-refractivity contribution in [1.29, 1.82) is 0 Å². The third kappa shape index (κ3) is 2.56. The average Bonchev–Trinajstić information content (AvgIpc) is 2.15. The number of hydrogen-bond acceptors (Lipinski definition) is 4. The van der Waals surface area contributed by atoms with Crippen molar-refractivity contribution in [3.63, 3.8) is 0 Å². The highest BCUT2D eigenvalue weighted by Gasteiger charge is 2.24. The minimum absolute atomic E-state index is 0.0550. The van der Waals surface area contributed by atoms with E-state index in [0.717, 1.165) is 12.1 Å². The number of rotatable bonds is 3. The first-order chi connectivity index (χ1) is 7.38. The van der Waals surface area contributed by atoms with Gasteiger partial charge in [0.25, 0.3) is 0 Å². The number of carbonyl (C=O) groups excluding carboxylic acids is 1. The monoisotopic (exact) mass is 247 g/mol. The van der Waals surface area contributed by atoms with Crippen LogP contribution in [0.15, 0.2) is 23.1 Å². The fourth-order valence-electron chi connectivity index (χ4n) is 1.17. The molecule has 0 aliphatic rings. The van der Waals surface area contributed by atoms with Crippen molar-refractivity contribution < 1.29 is 22.3 Å². The summed E-state index contributed by atoms with van der Waals surface area (Å²) in [5.41, 5.74) is -0.399. The molecule has 0 fully saturated rings. The molecule has 0 spiro atoms. The van der Waals surface area contributed by atoms with Gasteiger partial charge in [-0.2, -0.15) is 0 Å². The van der Waals surface area contributed by atoms with E-state index in [-0.39, 0.29) is 6.61 Å². The molecule has 88 valence electrons. The van der Waals surface area contributed by atoms with Gasteiger partial charge in [0.2, 0.25) is 10.0 Å². The molecule has 7 heteroatoms. The van der Waals surface area contributed by atoms with E-state index in [2.05, 4.69) is 4.74 Å². The van der Waals surface area contributed by atoms with Crippen LogP contribution in [0.3, 0.4) is 0 Å². The first-order valence-electron chi connectivity index (χ1n) is 4.36. The van der Waals surface area contributed by atoms with E-state index in [9.17, 15) is 17.6 Å². The number of primary sulfonamides is 1. The first kappa shape index (κ1) is 12.6. The highest BCUT2D eigenvalue weighted by molar-refractivity contribution is 7.89. The molecule has 0 aliphatic carbocycles. The van der Waals surface area contributed by atoms with Crippen LogP contribution in [-0.4, -0.2) is 21.0 Å². The maximum atomic E-state index is 13.3. The molecule has 1 aromatic carbocycles. The predicted molar refractivity (Wildman–Crippen MR) is 53.7 cm³/mol. The zero-order valence-electron chi connectivity index (χ0n) is 8.44. The molecule has 0 saturated heterocycles. The lowest BCUT2D eigenvalue weighted by atomic mass is 10.2. The van der Waals surface area contributed by atoms with Crippen LogP contribution >= 0.6 is 0 Å². The van der Waals surface area contributed by atoms with Crippen LogP contribution in [0.5, 0.6) is 0 Å². The predicted octanol–water partition coefficient (Wildman–Crippen LogP) is 0.650. The van der Waals surface area contributed by atoms with E-state index < -0.39 is 32.3 Å². The second-order valence-electron chi connectivity index (χ2n) is 2.88. The van der Waals surface area contributed by atoms with Gasteiger partial charge >= 0.3 is 5.97 Å². The third-order valence-corrected chi connectivity index (χ3v) is 2.73. The standard InChI is InChI=1S/C9H10FNO4S/c1-2-15-9(12)6-4-3-5-7(10)8(6)16(11,13)14/h3-5H,2H2,1H3,(H2,11,13,14). The quantitative estimate of drug-likeness (QED) is 0.794. The number of ether oxygens (including phenoxy) is 1. The summed E-state index contributed by atoms with van der Waals surface area (Å²) in [6, 6.07) is 3.25. The Morgan fingerprint density at radius 1 is 1.50 bits per heavy atom. The molecular weight excluding hydrogens is 237 g/mol. The Balaban J connectivity index is 3.41. The van der Waals surface area contributed by atoms with Gasteiger partial charge < -0.3 is 4.74 Å². The summed E-state index contributed by atoms with van der Waals surface area (Å²) in [5.74, 6) is -2.00. The Morgan fingerprint density at radius 2 is 2.12 bits per heavy atom. The van der Waals surface area contributed by atoms with Crippen LogP contribution in [0.25, 0.3) is 0 Å². The van der Waals surface area contributed by atoms with E-state index in [4.69, 9.17) is 5.14 Å². The molecule has 16 heavy (non-hydrogen) atoms. The second-order valence-corrected chi connectivity index (χ2v) is 4.38. The lowest BCUT2D eigenvalue weighted by molar-refractivity contribution is 0.0520. The van der Waals surface area contributed by atoms with E-state index in [1.165, 1.54) is 6.07 Å². The highest BCUT2D eigenvalue weighted by atomic mass is 32.2. The van der Waals surface area contributed by atoms with E-state index >= 15 is 0 Å². The molecule has 0 saturated carbocycles. The topological polar surface area (TPSA) is 86.5 Å². The number of halogens is 1. The smallest absolute Gasteiger partial charge is 0.339 e. The Labute approximate surface area is 92.1 Å². The minimum atomic E-state index is -4.30. The van der Waals surface area contributed by atoms with E-state index in [0.29, 0.717) is 0 Å². The maximum Gasteiger partial charge on any atom is 0.339 e. The normalized spacial score (nSPS) is 11.2. The molecule has 0 atom stereocenters. The summed E-state index contributed by atoms with van der Waals surface area (Å²) in [4.78, 5) is 10.5. The Hall–Kier alpha value is -1.47. The second kappa shape index (κ2) is 4.58. The molecule has 0 bridgehead atoms. The Bertz CT molecular complexity index is 512. The zero-order chi connectivity index (χ0) is 12.3. The number of sulfonamides is 1. The van der Waals surface area contributed by atoms with Crippen LogP contribution in [0.1, 0.15) is 17.3 Å². The molecule has 5 nitrogen and oxygen atoms in total. The van der Waals surface area contributed by atoms with Crippen LogP contribution < -0.4 is 5.14 Å². The largest absolute Gasteiger partial charge is 0.462 e. The van der Waals surface area contributed by atoms with E-state index in [1.807, 2.05) is 0 Å². The van der Waals surface area contributed by atoms with Crippen LogP contribution in [0.4, 0.5) is 4.39 Å². The summed E-state index contributed by atoms with van der Waals surface area (Å²) in [6.45, 7) is 1.60. The summed E-state index contributed by atoms with van der Waals surface area (Å²) < 4.78 is 40.1. The van der Waals surface area contributed by atoms with Gasteiger partial charge in [-0.3, -0.25) is 0 Å². The number of esters is 1. The van der Waals surface area contributed by atoms with Gasteiger partial charge in [-0.15, -0.1) is 0 Å². The van der Waals surface area contributed by atoms with Crippen molar-refractivity contribution in [3.8, 4) is 0 Å². The Morgan fingerprint density at radius 3 is 2.62 bits per heavy atom. The third-order valence-electron chi connectivity index (χ3n) is 1.75. The molecule has 0 amide bonds. The SMILES string of the molecule is CCOC(=O)c1cccc(F)c1S(N)(=O)=O. The number of nitrogens with two attached hydrogens (primary N) is 1. The zero-order valence-corrected chi connectivity index (χ0v) is 9.25. The van der Waals surface area contributed by atoms with Gasteiger partial charge in [0, 0.05) is 0 Å². The van der Waals surface area contributed by atoms with Crippen molar-refractivity contribution >= 4 is 16.0 Å². The molecule has 0 unspecified atom stereocenters. The molecular formula is C9H10FNO4S. The fourth-order valence-corrected chi connectivity index (χ4v) is 1.97. The number of carbonyl (C=O) groups is 1. The number of benzene rings is 1. The van der Waals surface area contributed by atoms with Crippen molar-refractivity contribution in [2.75, 3.05) is 6.61 Å². The van der Waals surface area contributed by atoms with Gasteiger partial charge in [-0.25, -0.2) is 22.7 Å². The molecule has 1 rings (SSSR count). The molecule has 0 aromatic heterocycles. The van der Waals surface area contributed by atoms with Gasteiger partial charge in [-0.05, 0) is 19.1 Å². The number of hydrogen-bond donors (Lipinski definition) is 1. The maximum absolute atomic E-state index is 13.3. The lowest BCUT2D eigenvalue weighted by Gasteiger charge is -2.07. The van der Waals surface area contributed by atoms with Crippen molar-refractivity contribution in [2.24, 2.45) is 5.14 Å². The average molecular weight is 247 g/mol. The molecule has 1 aromatic rings. The van der Waals surface area contributed by atoms with Gasteiger partial charge in [0.1, 0.15) is 10.7 Å². The fraction of sp³-hybridized carbons (Fsp3) is 0.222. The highest BCUT2D eigenvalue weighted by Crippen LogP contribution is 2.19. The van der Waals surface area contributed by atoms with Crippen molar-refractivity contribution in [3.05, 3.63) is 29.6 Å². The summed E-state index contributed by atoms with van der Waals surface area (Å²) >= 11 is 0. The summed E-state index contributed by atoms with van der Waals surface area (Å²) in [6.07, 6.45) is 0. The molecule has 0 aliphatic heterocycles. The van der Waals surface area contributed by atoms with Gasteiger partial charge in [0.05, 0.1) is 12.2 Å². The minimum Gasteiger partial charge on any atom is -0.462 e. The Kier molecular flexibility index (Phi) is 3.61. The van der Waals surface area contributed by atoms with Gasteiger partial charge in [0.15, 0.2) is 0 Å². The molecule has 0 radical (unpaired) electrons. The first-order valence-corrected chi connectivity index (χ1v) is 5.91.